The van der Waals surface area contributed by atoms with Gasteiger partial charge in [-0.3, -0.25) is 0 Å². The van der Waals surface area contributed by atoms with Crippen LogP contribution in [0.1, 0.15) is 69.2 Å². The molecular weight excluding hydrogens is 468 g/mol. The number of carbonyl (C=O) groups excluding carboxylic acids is 4. The van der Waals surface area contributed by atoms with Crippen molar-refractivity contribution in [2.75, 3.05) is 0 Å². The van der Waals surface area contributed by atoms with E-state index in [0.717, 1.165) is 0 Å². The highest BCUT2D eigenvalue weighted by molar-refractivity contribution is 5.84. The highest BCUT2D eigenvalue weighted by Gasteiger charge is 2.30. The first kappa shape index (κ1) is 30.7. The smallest absolute Gasteiger partial charge is 0.408 e. The van der Waals surface area contributed by atoms with Gasteiger partial charge in [0.2, 0.25) is 0 Å². The maximum absolute atomic E-state index is 12.7. The van der Waals surface area contributed by atoms with E-state index in [9.17, 15) is 19.2 Å². The van der Waals surface area contributed by atoms with Crippen LogP contribution in [0.15, 0.2) is 24.3 Å². The molecule has 10 heteroatoms. The molecule has 36 heavy (non-hydrogen) atoms. The Morgan fingerprint density at radius 2 is 0.889 bits per heavy atom. The Morgan fingerprint density at radius 3 is 1.11 bits per heavy atom. The second kappa shape index (κ2) is 12.6. The van der Waals surface area contributed by atoms with Gasteiger partial charge in [-0.2, -0.15) is 0 Å². The Morgan fingerprint density at radius 1 is 0.611 bits per heavy atom. The van der Waals surface area contributed by atoms with E-state index in [1.54, 1.807) is 69.2 Å². The molecule has 0 aliphatic carbocycles. The van der Waals surface area contributed by atoms with E-state index in [-0.39, 0.29) is 23.3 Å². The Bertz CT molecular complexity index is 836. The lowest BCUT2D eigenvalue weighted by Gasteiger charge is -2.25. The fraction of sp³-hybridized carbons (Fsp3) is 0.615. The van der Waals surface area contributed by atoms with Crippen molar-refractivity contribution in [1.29, 1.82) is 0 Å². The van der Waals surface area contributed by atoms with Crippen molar-refractivity contribution in [3.63, 3.8) is 0 Å². The van der Waals surface area contributed by atoms with E-state index in [2.05, 4.69) is 10.6 Å². The number of benzene rings is 1. The van der Waals surface area contributed by atoms with Crippen molar-refractivity contribution in [2.24, 2.45) is 11.8 Å². The van der Waals surface area contributed by atoms with E-state index in [1.165, 1.54) is 24.3 Å². The number of ether oxygens (including phenoxy) is 4. The molecule has 10 nitrogen and oxygen atoms in total. The molecule has 2 N–H and O–H groups in total. The van der Waals surface area contributed by atoms with Crippen molar-refractivity contribution in [3.05, 3.63) is 24.3 Å². The third-order valence-corrected chi connectivity index (χ3v) is 4.45. The number of amides is 2. The summed E-state index contributed by atoms with van der Waals surface area (Å²) in [4.78, 5) is 49.5. The average Bonchev–Trinajstić information content (AvgIpc) is 2.68. The van der Waals surface area contributed by atoms with E-state index in [4.69, 9.17) is 18.9 Å². The van der Waals surface area contributed by atoms with Crippen molar-refractivity contribution < 1.29 is 38.1 Å². The van der Waals surface area contributed by atoms with Gasteiger partial charge in [-0.1, -0.05) is 27.7 Å². The molecule has 0 saturated heterocycles. The van der Waals surface area contributed by atoms with Gasteiger partial charge in [0.25, 0.3) is 0 Å². The number of hydrogen-bond acceptors (Lipinski definition) is 8. The van der Waals surface area contributed by atoms with E-state index in [0.29, 0.717) is 0 Å². The number of esters is 2. The van der Waals surface area contributed by atoms with Crippen LogP contribution in [0.3, 0.4) is 0 Å². The summed E-state index contributed by atoms with van der Waals surface area (Å²) in [5, 5.41) is 5.07. The van der Waals surface area contributed by atoms with Crippen LogP contribution in [-0.2, 0) is 19.1 Å². The molecule has 1 aromatic rings. The van der Waals surface area contributed by atoms with Gasteiger partial charge in [-0.25, -0.2) is 19.2 Å². The van der Waals surface area contributed by atoms with Crippen LogP contribution in [0.5, 0.6) is 11.5 Å². The predicted molar refractivity (Wildman–Crippen MR) is 134 cm³/mol. The third kappa shape index (κ3) is 11.4. The lowest BCUT2D eigenvalue weighted by atomic mass is 10.1. The number of carbonyl (C=O) groups is 4. The van der Waals surface area contributed by atoms with Crippen molar-refractivity contribution in [2.45, 2.75) is 92.5 Å². The molecule has 0 aliphatic rings. The maximum atomic E-state index is 12.7. The molecule has 0 bridgehead atoms. The van der Waals surface area contributed by atoms with E-state index in [1.807, 2.05) is 0 Å². The first-order valence-electron chi connectivity index (χ1n) is 11.9. The molecule has 0 fully saturated rings. The summed E-state index contributed by atoms with van der Waals surface area (Å²) >= 11 is 0. The topological polar surface area (TPSA) is 129 Å². The summed E-state index contributed by atoms with van der Waals surface area (Å²) in [6.45, 7) is 17.4. The molecule has 1 aromatic carbocycles. The van der Waals surface area contributed by atoms with Crippen LogP contribution < -0.4 is 20.1 Å². The Hall–Kier alpha value is -3.30. The molecule has 0 spiro atoms. The van der Waals surface area contributed by atoms with E-state index < -0.39 is 47.4 Å². The van der Waals surface area contributed by atoms with Crippen molar-refractivity contribution >= 4 is 24.1 Å². The molecule has 2 unspecified atom stereocenters. The minimum absolute atomic E-state index is 0.198. The molecule has 0 radical (unpaired) electrons. The molecule has 0 aliphatic heterocycles. The van der Waals surface area contributed by atoms with Gasteiger partial charge in [0, 0.05) is 0 Å². The number of rotatable bonds is 8. The maximum Gasteiger partial charge on any atom is 0.408 e. The zero-order valence-corrected chi connectivity index (χ0v) is 22.9. The number of hydrogen-bond donors (Lipinski definition) is 2. The van der Waals surface area contributed by atoms with Crippen LogP contribution in [0.25, 0.3) is 0 Å². The Balaban J connectivity index is 2.80. The van der Waals surface area contributed by atoms with Gasteiger partial charge in [-0.05, 0) is 77.6 Å². The van der Waals surface area contributed by atoms with Gasteiger partial charge < -0.3 is 29.6 Å². The highest BCUT2D eigenvalue weighted by atomic mass is 16.6. The third-order valence-electron chi connectivity index (χ3n) is 4.45. The van der Waals surface area contributed by atoms with Gasteiger partial charge >= 0.3 is 24.1 Å². The van der Waals surface area contributed by atoms with Crippen molar-refractivity contribution in [1.82, 2.24) is 10.6 Å². The van der Waals surface area contributed by atoms with Gasteiger partial charge in [0.05, 0.1) is 0 Å². The minimum atomic E-state index is -0.928. The van der Waals surface area contributed by atoms with Gasteiger partial charge in [-0.15, -0.1) is 0 Å². The summed E-state index contributed by atoms with van der Waals surface area (Å²) < 4.78 is 21.2. The van der Waals surface area contributed by atoms with Crippen LogP contribution >= 0.6 is 0 Å². The van der Waals surface area contributed by atoms with Gasteiger partial charge in [0.1, 0.15) is 34.8 Å². The van der Waals surface area contributed by atoms with E-state index >= 15 is 0 Å². The molecule has 0 aromatic heterocycles. The molecule has 0 heterocycles. The molecule has 202 valence electrons. The standard InChI is InChI=1S/C26H40N2O8/c1-15(2)19(27-23(31)35-25(5,6)7)21(29)33-17-11-13-18(14-12-17)34-22(30)20(16(3)4)28-24(32)36-26(8,9)10/h11-16,19-20H,1-10H3,(H,27,31)(H,28,32). The average molecular weight is 509 g/mol. The molecular formula is C26H40N2O8. The number of alkyl carbamates (subject to hydrolysis) is 2. The van der Waals surface area contributed by atoms with Crippen LogP contribution in [0.4, 0.5) is 9.59 Å². The first-order chi connectivity index (χ1) is 16.4. The first-order valence-corrected chi connectivity index (χ1v) is 11.9. The van der Waals surface area contributed by atoms with Gasteiger partial charge in [0.15, 0.2) is 0 Å². The second-order valence-electron chi connectivity index (χ2n) is 11.0. The normalized spacial score (nSPS) is 13.4. The monoisotopic (exact) mass is 508 g/mol. The molecule has 2 atom stereocenters. The highest BCUT2D eigenvalue weighted by Crippen LogP contribution is 2.20. The van der Waals surface area contributed by atoms with Crippen LogP contribution in [0.2, 0.25) is 0 Å². The number of nitrogens with one attached hydrogen (secondary N) is 2. The summed E-state index contributed by atoms with van der Waals surface area (Å²) in [5.74, 6) is -1.44. The molecule has 2 amide bonds. The Kier molecular flexibility index (Phi) is 10.8. The zero-order chi connectivity index (χ0) is 27.8. The minimum Gasteiger partial charge on any atom is -0.444 e. The van der Waals surface area contributed by atoms with Crippen LogP contribution in [-0.4, -0.2) is 47.4 Å². The van der Waals surface area contributed by atoms with Crippen LogP contribution in [0, 0.1) is 11.8 Å². The summed E-state index contributed by atoms with van der Waals surface area (Å²) in [6, 6.07) is 3.97. The quantitative estimate of drug-likeness (QED) is 0.385. The summed E-state index contributed by atoms with van der Waals surface area (Å²) in [5.41, 5.74) is -1.42. The summed E-state index contributed by atoms with van der Waals surface area (Å²) in [7, 11) is 0. The molecule has 1 rings (SSSR count). The fourth-order valence-corrected chi connectivity index (χ4v) is 2.80. The SMILES string of the molecule is CC(C)C(NC(=O)OC(C)(C)C)C(=O)Oc1ccc(OC(=O)C(NC(=O)OC(C)(C)C)C(C)C)cc1. The molecule has 0 saturated carbocycles. The predicted octanol–water partition coefficient (Wildman–Crippen LogP) is 4.60. The van der Waals surface area contributed by atoms with Crippen molar-refractivity contribution in [3.8, 4) is 11.5 Å². The fourth-order valence-electron chi connectivity index (χ4n) is 2.80. The zero-order valence-electron chi connectivity index (χ0n) is 22.9. The lowest BCUT2D eigenvalue weighted by Crippen LogP contribution is -2.48. The summed E-state index contributed by atoms with van der Waals surface area (Å²) in [6.07, 6.45) is -1.44. The largest absolute Gasteiger partial charge is 0.444 e. The lowest BCUT2D eigenvalue weighted by molar-refractivity contribution is -0.139. The second-order valence-corrected chi connectivity index (χ2v) is 11.0. The Labute approximate surface area is 213 Å².